The molecule has 3 heterocycles. The van der Waals surface area contributed by atoms with E-state index in [1.54, 1.807) is 18.2 Å². The van der Waals surface area contributed by atoms with Gasteiger partial charge in [0.2, 0.25) is 0 Å². The number of hydrogen-bond donors (Lipinski definition) is 1. The quantitative estimate of drug-likeness (QED) is 0.779. The number of methoxy groups -OCH3 is 1. The Bertz CT molecular complexity index is 690. The standard InChI is InChI=1S/C13H13N3O3/c1-7-6-14-12(17)10-5-8-3-4-9(13(18)19-2)15-11(8)16(7)10/h3-5,7H,6H2,1-2H3,(H,14,17)/t7-/m1/s1. The molecule has 1 aliphatic heterocycles. The predicted octanol–water partition coefficient (Wildman–Crippen LogP) is 1.13. The maximum atomic E-state index is 11.8. The van der Waals surface area contributed by atoms with Gasteiger partial charge in [-0.15, -0.1) is 0 Å². The summed E-state index contributed by atoms with van der Waals surface area (Å²) in [5, 5.41) is 3.66. The van der Waals surface area contributed by atoms with Crippen molar-refractivity contribution in [2.24, 2.45) is 0 Å². The van der Waals surface area contributed by atoms with Gasteiger partial charge < -0.3 is 14.6 Å². The third kappa shape index (κ3) is 1.68. The van der Waals surface area contributed by atoms with Crippen LogP contribution in [0, 0.1) is 0 Å². The number of hydrogen-bond acceptors (Lipinski definition) is 4. The number of ether oxygens (including phenoxy) is 1. The maximum Gasteiger partial charge on any atom is 0.356 e. The van der Waals surface area contributed by atoms with Gasteiger partial charge in [0.05, 0.1) is 13.2 Å². The number of fused-ring (bicyclic) bond motifs is 3. The Hall–Kier alpha value is -2.37. The van der Waals surface area contributed by atoms with Crippen LogP contribution in [-0.4, -0.2) is 35.1 Å². The van der Waals surface area contributed by atoms with Crippen LogP contribution in [0.1, 0.15) is 33.9 Å². The first kappa shape index (κ1) is 11.7. The Labute approximate surface area is 109 Å². The number of rotatable bonds is 1. The summed E-state index contributed by atoms with van der Waals surface area (Å²) in [5.74, 6) is -0.596. The maximum absolute atomic E-state index is 11.8. The minimum atomic E-state index is -0.481. The predicted molar refractivity (Wildman–Crippen MR) is 68.1 cm³/mol. The second-order valence-corrected chi connectivity index (χ2v) is 4.56. The lowest BCUT2D eigenvalue weighted by atomic mass is 10.2. The molecule has 6 heteroatoms. The van der Waals surface area contributed by atoms with Gasteiger partial charge in [-0.1, -0.05) is 0 Å². The highest BCUT2D eigenvalue weighted by molar-refractivity contribution is 5.99. The van der Waals surface area contributed by atoms with Crippen LogP contribution in [-0.2, 0) is 4.74 Å². The number of nitrogens with zero attached hydrogens (tertiary/aromatic N) is 2. The number of pyridine rings is 1. The van der Waals surface area contributed by atoms with Gasteiger partial charge in [-0.25, -0.2) is 9.78 Å². The van der Waals surface area contributed by atoms with Crippen LogP contribution in [0.15, 0.2) is 18.2 Å². The van der Waals surface area contributed by atoms with E-state index in [1.807, 2.05) is 11.5 Å². The van der Waals surface area contributed by atoms with Gasteiger partial charge in [-0.2, -0.15) is 0 Å². The van der Waals surface area contributed by atoms with Crippen LogP contribution in [0.25, 0.3) is 11.0 Å². The number of aromatic nitrogens is 2. The number of carbonyl (C=O) groups is 2. The van der Waals surface area contributed by atoms with Crippen molar-refractivity contribution in [3.05, 3.63) is 29.6 Å². The van der Waals surface area contributed by atoms with Gasteiger partial charge in [-0.05, 0) is 25.1 Å². The average Bonchev–Trinajstić information content (AvgIpc) is 2.81. The van der Waals surface area contributed by atoms with Gasteiger partial charge in [0.15, 0.2) is 5.69 Å². The first-order valence-electron chi connectivity index (χ1n) is 6.00. The van der Waals surface area contributed by atoms with Crippen LogP contribution < -0.4 is 5.32 Å². The van der Waals surface area contributed by atoms with Crippen molar-refractivity contribution in [2.75, 3.05) is 13.7 Å². The Morgan fingerprint density at radius 2 is 2.32 bits per heavy atom. The van der Waals surface area contributed by atoms with E-state index in [9.17, 15) is 9.59 Å². The summed E-state index contributed by atoms with van der Waals surface area (Å²) in [6.07, 6.45) is 0. The van der Waals surface area contributed by atoms with Crippen molar-refractivity contribution in [1.29, 1.82) is 0 Å². The molecule has 0 radical (unpaired) electrons. The molecule has 6 nitrogen and oxygen atoms in total. The van der Waals surface area contributed by atoms with E-state index in [4.69, 9.17) is 0 Å². The molecule has 98 valence electrons. The first-order chi connectivity index (χ1) is 9.11. The summed E-state index contributed by atoms with van der Waals surface area (Å²) in [5.41, 5.74) is 1.46. The summed E-state index contributed by atoms with van der Waals surface area (Å²) >= 11 is 0. The molecule has 0 saturated heterocycles. The van der Waals surface area contributed by atoms with Crippen LogP contribution in [0.4, 0.5) is 0 Å². The summed E-state index contributed by atoms with van der Waals surface area (Å²) in [4.78, 5) is 27.7. The molecule has 1 atom stereocenters. The molecule has 0 aromatic carbocycles. The normalized spacial score (nSPS) is 18.0. The molecule has 1 N–H and O–H groups in total. The fourth-order valence-corrected chi connectivity index (χ4v) is 2.36. The first-order valence-corrected chi connectivity index (χ1v) is 6.00. The monoisotopic (exact) mass is 259 g/mol. The van der Waals surface area contributed by atoms with Crippen molar-refractivity contribution < 1.29 is 14.3 Å². The zero-order valence-electron chi connectivity index (χ0n) is 10.6. The summed E-state index contributed by atoms with van der Waals surface area (Å²) in [6, 6.07) is 5.27. The molecule has 0 fully saturated rings. The number of carbonyl (C=O) groups excluding carboxylic acids is 2. The lowest BCUT2D eigenvalue weighted by molar-refractivity contribution is 0.0594. The fourth-order valence-electron chi connectivity index (χ4n) is 2.36. The highest BCUT2D eigenvalue weighted by Crippen LogP contribution is 2.25. The molecule has 2 aromatic heterocycles. The highest BCUT2D eigenvalue weighted by Gasteiger charge is 2.25. The highest BCUT2D eigenvalue weighted by atomic mass is 16.5. The Morgan fingerprint density at radius 3 is 3.05 bits per heavy atom. The van der Waals surface area contributed by atoms with Crippen molar-refractivity contribution in [2.45, 2.75) is 13.0 Å². The minimum absolute atomic E-state index is 0.102. The Balaban J connectivity index is 2.25. The van der Waals surface area contributed by atoms with E-state index in [1.165, 1.54) is 7.11 Å². The van der Waals surface area contributed by atoms with Crippen LogP contribution in [0.3, 0.4) is 0 Å². The molecule has 0 bridgehead atoms. The molecule has 1 amide bonds. The van der Waals surface area contributed by atoms with Gasteiger partial charge in [0.1, 0.15) is 11.3 Å². The van der Waals surface area contributed by atoms with E-state index in [-0.39, 0.29) is 17.6 Å². The molecule has 3 rings (SSSR count). The summed E-state index contributed by atoms with van der Waals surface area (Å²) < 4.78 is 6.53. The van der Waals surface area contributed by atoms with Gasteiger partial charge in [-0.3, -0.25) is 4.79 Å². The molecule has 19 heavy (non-hydrogen) atoms. The fraction of sp³-hybridized carbons (Fsp3) is 0.308. The van der Waals surface area contributed by atoms with E-state index in [0.717, 1.165) is 5.39 Å². The molecule has 0 aliphatic carbocycles. The lowest BCUT2D eigenvalue weighted by Crippen LogP contribution is -2.37. The molecular formula is C13H13N3O3. The number of nitrogens with one attached hydrogen (secondary N) is 1. The van der Waals surface area contributed by atoms with Crippen LogP contribution in [0.5, 0.6) is 0 Å². The molecule has 2 aromatic rings. The van der Waals surface area contributed by atoms with Crippen molar-refractivity contribution >= 4 is 22.9 Å². The van der Waals surface area contributed by atoms with Gasteiger partial charge in [0.25, 0.3) is 5.91 Å². The van der Waals surface area contributed by atoms with Crippen LogP contribution in [0.2, 0.25) is 0 Å². The van der Waals surface area contributed by atoms with Gasteiger partial charge in [0, 0.05) is 11.9 Å². The topological polar surface area (TPSA) is 73.2 Å². The van der Waals surface area contributed by atoms with Crippen LogP contribution >= 0.6 is 0 Å². The molecule has 0 saturated carbocycles. The molecule has 0 spiro atoms. The average molecular weight is 259 g/mol. The second-order valence-electron chi connectivity index (χ2n) is 4.56. The molecule has 1 aliphatic rings. The Morgan fingerprint density at radius 1 is 1.53 bits per heavy atom. The lowest BCUT2D eigenvalue weighted by Gasteiger charge is -2.23. The van der Waals surface area contributed by atoms with Crippen molar-refractivity contribution in [3.63, 3.8) is 0 Å². The SMILES string of the molecule is COC(=O)c1ccc2cc3n(c2n1)[C@H](C)CNC3=O. The van der Waals surface area contributed by atoms with E-state index in [2.05, 4.69) is 15.0 Å². The van der Waals surface area contributed by atoms with E-state index in [0.29, 0.717) is 17.9 Å². The third-order valence-corrected chi connectivity index (χ3v) is 3.31. The van der Waals surface area contributed by atoms with Crippen molar-refractivity contribution in [3.8, 4) is 0 Å². The summed E-state index contributed by atoms with van der Waals surface area (Å²) in [7, 11) is 1.32. The van der Waals surface area contributed by atoms with Gasteiger partial charge >= 0.3 is 5.97 Å². The van der Waals surface area contributed by atoms with E-state index >= 15 is 0 Å². The number of amides is 1. The third-order valence-electron chi connectivity index (χ3n) is 3.31. The van der Waals surface area contributed by atoms with E-state index < -0.39 is 5.97 Å². The molecular weight excluding hydrogens is 246 g/mol. The molecule has 0 unspecified atom stereocenters. The zero-order chi connectivity index (χ0) is 13.6. The number of esters is 1. The summed E-state index contributed by atoms with van der Waals surface area (Å²) in [6.45, 7) is 2.55. The Kier molecular flexibility index (Phi) is 2.51. The minimum Gasteiger partial charge on any atom is -0.464 e. The second kappa shape index (κ2) is 4.08. The largest absolute Gasteiger partial charge is 0.464 e. The zero-order valence-corrected chi connectivity index (χ0v) is 10.6. The smallest absolute Gasteiger partial charge is 0.356 e. The van der Waals surface area contributed by atoms with Crippen molar-refractivity contribution in [1.82, 2.24) is 14.9 Å².